The average Bonchev–Trinajstić information content (AvgIpc) is 2.26. The summed E-state index contributed by atoms with van der Waals surface area (Å²) in [5.74, 6) is -1.68. The molecule has 1 aromatic carbocycles. The number of aromatic carboxylic acids is 1. The number of carboxylic acid groups (broad SMARTS) is 1. The smallest absolute Gasteiger partial charge is 0.417 e. The molecule has 3 nitrogen and oxygen atoms in total. The number of aromatic nitrogens is 1. The molecule has 0 aliphatic heterocycles. The number of para-hydroxylation sites is 1. The molecule has 0 saturated heterocycles. The standard InChI is InChI=1S/C11H5ClF3NO2/c12-7-3-1-2-5-8(11(13,14)15)6(10(17)18)4-16-9(5)7/h1-4H,(H,17,18). The van der Waals surface area contributed by atoms with Crippen molar-refractivity contribution in [3.05, 3.63) is 40.5 Å². The lowest BCUT2D eigenvalue weighted by atomic mass is 10.0. The van der Waals surface area contributed by atoms with E-state index < -0.39 is 23.3 Å². The van der Waals surface area contributed by atoms with E-state index in [9.17, 15) is 18.0 Å². The Morgan fingerprint density at radius 1 is 1.33 bits per heavy atom. The first-order chi connectivity index (χ1) is 8.32. The normalized spacial score (nSPS) is 11.8. The number of pyridine rings is 1. The molecular weight excluding hydrogens is 271 g/mol. The summed E-state index contributed by atoms with van der Waals surface area (Å²) in [6.45, 7) is 0. The maximum absolute atomic E-state index is 12.9. The molecule has 2 aromatic rings. The van der Waals surface area contributed by atoms with Gasteiger partial charge in [0.2, 0.25) is 0 Å². The molecule has 0 spiro atoms. The Bertz CT molecular complexity index is 640. The van der Waals surface area contributed by atoms with Crippen molar-refractivity contribution < 1.29 is 23.1 Å². The maximum atomic E-state index is 12.9. The summed E-state index contributed by atoms with van der Waals surface area (Å²) in [4.78, 5) is 14.5. The summed E-state index contributed by atoms with van der Waals surface area (Å²) in [6, 6.07) is 3.84. The van der Waals surface area contributed by atoms with Gasteiger partial charge < -0.3 is 5.11 Å². The van der Waals surface area contributed by atoms with Crippen molar-refractivity contribution in [2.24, 2.45) is 0 Å². The molecule has 0 atom stereocenters. The Morgan fingerprint density at radius 3 is 2.56 bits per heavy atom. The second-order valence-corrected chi connectivity index (χ2v) is 3.89. The molecular formula is C11H5ClF3NO2. The van der Waals surface area contributed by atoms with E-state index in [1.807, 2.05) is 0 Å². The molecule has 0 bridgehead atoms. The monoisotopic (exact) mass is 275 g/mol. The zero-order valence-corrected chi connectivity index (χ0v) is 9.38. The molecule has 18 heavy (non-hydrogen) atoms. The van der Waals surface area contributed by atoms with Crippen molar-refractivity contribution in [2.45, 2.75) is 6.18 Å². The summed E-state index contributed by atoms with van der Waals surface area (Å²) in [6.07, 6.45) is -4.13. The van der Waals surface area contributed by atoms with E-state index >= 15 is 0 Å². The third-order valence-corrected chi connectivity index (χ3v) is 2.67. The molecule has 1 aromatic heterocycles. The minimum absolute atomic E-state index is 0.0370. The lowest BCUT2D eigenvalue weighted by Gasteiger charge is -2.13. The maximum Gasteiger partial charge on any atom is 0.417 e. The van der Waals surface area contributed by atoms with Gasteiger partial charge in [0.15, 0.2) is 0 Å². The van der Waals surface area contributed by atoms with Crippen LogP contribution in [0.25, 0.3) is 10.9 Å². The van der Waals surface area contributed by atoms with Crippen molar-refractivity contribution in [3.8, 4) is 0 Å². The van der Waals surface area contributed by atoms with Gasteiger partial charge in [-0.1, -0.05) is 23.7 Å². The fourth-order valence-electron chi connectivity index (χ4n) is 1.65. The van der Waals surface area contributed by atoms with Crippen LogP contribution in [0.2, 0.25) is 5.02 Å². The van der Waals surface area contributed by atoms with Gasteiger partial charge in [0, 0.05) is 11.6 Å². The van der Waals surface area contributed by atoms with Crippen LogP contribution in [-0.2, 0) is 6.18 Å². The van der Waals surface area contributed by atoms with Gasteiger partial charge in [-0.25, -0.2) is 4.79 Å². The van der Waals surface area contributed by atoms with Crippen LogP contribution in [0.4, 0.5) is 13.2 Å². The van der Waals surface area contributed by atoms with Crippen LogP contribution in [0.15, 0.2) is 24.4 Å². The minimum atomic E-state index is -4.79. The van der Waals surface area contributed by atoms with Crippen LogP contribution in [0.1, 0.15) is 15.9 Å². The van der Waals surface area contributed by atoms with E-state index in [4.69, 9.17) is 16.7 Å². The third kappa shape index (κ3) is 1.99. The third-order valence-electron chi connectivity index (χ3n) is 2.36. The fraction of sp³-hybridized carbons (Fsp3) is 0.0909. The number of rotatable bonds is 1. The molecule has 2 rings (SSSR count). The van der Waals surface area contributed by atoms with Gasteiger partial charge in [-0.15, -0.1) is 0 Å². The summed E-state index contributed by atoms with van der Waals surface area (Å²) >= 11 is 5.73. The van der Waals surface area contributed by atoms with E-state index in [0.29, 0.717) is 6.20 Å². The Hall–Kier alpha value is -1.82. The van der Waals surface area contributed by atoms with E-state index in [-0.39, 0.29) is 15.9 Å². The first kappa shape index (κ1) is 12.6. The van der Waals surface area contributed by atoms with Gasteiger partial charge in [0.25, 0.3) is 0 Å². The summed E-state index contributed by atoms with van der Waals surface area (Å²) in [5.41, 5.74) is -2.20. The van der Waals surface area contributed by atoms with Gasteiger partial charge in [-0.05, 0) is 6.07 Å². The van der Waals surface area contributed by atoms with Crippen LogP contribution in [0.5, 0.6) is 0 Å². The summed E-state index contributed by atoms with van der Waals surface area (Å²) in [5, 5.41) is 8.50. The predicted octanol–water partition coefficient (Wildman–Crippen LogP) is 3.61. The number of carboxylic acids is 1. The zero-order chi connectivity index (χ0) is 13.5. The highest BCUT2D eigenvalue weighted by molar-refractivity contribution is 6.35. The van der Waals surface area contributed by atoms with Gasteiger partial charge in [0.1, 0.15) is 0 Å². The Morgan fingerprint density at radius 2 is 2.00 bits per heavy atom. The highest BCUT2D eigenvalue weighted by Crippen LogP contribution is 2.38. The SMILES string of the molecule is O=C(O)c1cnc2c(Cl)cccc2c1C(F)(F)F. The van der Waals surface area contributed by atoms with Crippen molar-refractivity contribution in [2.75, 3.05) is 0 Å². The van der Waals surface area contributed by atoms with E-state index in [0.717, 1.165) is 6.07 Å². The fourth-order valence-corrected chi connectivity index (χ4v) is 1.88. The molecule has 0 radical (unpaired) electrons. The van der Waals surface area contributed by atoms with Crippen LogP contribution in [0, 0.1) is 0 Å². The van der Waals surface area contributed by atoms with Crippen molar-refractivity contribution in [1.29, 1.82) is 0 Å². The highest BCUT2D eigenvalue weighted by atomic mass is 35.5. The zero-order valence-electron chi connectivity index (χ0n) is 8.62. The summed E-state index contributed by atoms with van der Waals surface area (Å²) < 4.78 is 38.8. The Labute approximate surface area is 104 Å². The number of benzene rings is 1. The molecule has 0 aliphatic carbocycles. The number of fused-ring (bicyclic) bond motifs is 1. The van der Waals surface area contributed by atoms with Crippen molar-refractivity contribution >= 4 is 28.5 Å². The number of alkyl halides is 3. The van der Waals surface area contributed by atoms with Crippen LogP contribution >= 0.6 is 11.6 Å². The van der Waals surface area contributed by atoms with E-state index in [1.54, 1.807) is 0 Å². The van der Waals surface area contributed by atoms with E-state index in [2.05, 4.69) is 4.98 Å². The molecule has 0 saturated carbocycles. The second kappa shape index (κ2) is 4.13. The lowest BCUT2D eigenvalue weighted by molar-refractivity contribution is -0.136. The minimum Gasteiger partial charge on any atom is -0.478 e. The molecule has 94 valence electrons. The molecule has 0 amide bonds. The molecule has 7 heteroatoms. The largest absolute Gasteiger partial charge is 0.478 e. The van der Waals surface area contributed by atoms with Crippen molar-refractivity contribution in [1.82, 2.24) is 4.98 Å². The predicted molar refractivity (Wildman–Crippen MR) is 58.7 cm³/mol. The molecule has 0 aliphatic rings. The molecule has 0 fully saturated rings. The topological polar surface area (TPSA) is 50.2 Å². The number of carbonyl (C=O) groups is 1. The molecule has 1 heterocycles. The van der Waals surface area contributed by atoms with Crippen LogP contribution in [-0.4, -0.2) is 16.1 Å². The van der Waals surface area contributed by atoms with Gasteiger partial charge >= 0.3 is 12.1 Å². The van der Waals surface area contributed by atoms with Crippen LogP contribution < -0.4 is 0 Å². The van der Waals surface area contributed by atoms with Gasteiger partial charge in [-0.3, -0.25) is 4.98 Å². The first-order valence-corrected chi connectivity index (χ1v) is 5.08. The molecule has 1 N–H and O–H groups in total. The van der Waals surface area contributed by atoms with Gasteiger partial charge in [-0.2, -0.15) is 13.2 Å². The van der Waals surface area contributed by atoms with Crippen molar-refractivity contribution in [3.63, 3.8) is 0 Å². The lowest BCUT2D eigenvalue weighted by Crippen LogP contribution is -2.14. The first-order valence-electron chi connectivity index (χ1n) is 4.70. The number of nitrogens with zero attached hydrogens (tertiary/aromatic N) is 1. The number of hydrogen-bond acceptors (Lipinski definition) is 2. The average molecular weight is 276 g/mol. The quantitative estimate of drug-likeness (QED) is 0.865. The second-order valence-electron chi connectivity index (χ2n) is 3.49. The molecule has 0 unspecified atom stereocenters. The van der Waals surface area contributed by atoms with Gasteiger partial charge in [0.05, 0.1) is 21.7 Å². The van der Waals surface area contributed by atoms with Crippen LogP contribution in [0.3, 0.4) is 0 Å². The number of hydrogen-bond donors (Lipinski definition) is 1. The Kier molecular flexibility index (Phi) is 2.90. The number of halogens is 4. The highest BCUT2D eigenvalue weighted by Gasteiger charge is 2.37. The summed E-state index contributed by atoms with van der Waals surface area (Å²) in [7, 11) is 0. The van der Waals surface area contributed by atoms with E-state index in [1.165, 1.54) is 12.1 Å². The Balaban J connectivity index is 2.95.